The zero-order valence-electron chi connectivity index (χ0n) is 12.1. The Bertz CT molecular complexity index is 663. The number of aliphatic carboxylic acids is 1. The maximum Gasteiger partial charge on any atom is 0.308 e. The molecule has 0 spiro atoms. The third-order valence-corrected chi connectivity index (χ3v) is 5.75. The van der Waals surface area contributed by atoms with Crippen LogP contribution in [0.1, 0.15) is 18.1 Å². The van der Waals surface area contributed by atoms with Crippen molar-refractivity contribution in [3.05, 3.63) is 29.1 Å². The summed E-state index contributed by atoms with van der Waals surface area (Å²) in [7, 11) is -3.80. The van der Waals surface area contributed by atoms with E-state index in [1.807, 2.05) is 0 Å². The first-order valence-corrected chi connectivity index (χ1v) is 8.08. The number of carboxylic acids is 1. The van der Waals surface area contributed by atoms with E-state index >= 15 is 0 Å². The molecule has 0 radical (unpaired) electrons. The molecule has 1 N–H and O–H groups in total. The van der Waals surface area contributed by atoms with E-state index in [9.17, 15) is 17.6 Å². The minimum Gasteiger partial charge on any atom is -0.481 e. The smallest absolute Gasteiger partial charge is 0.308 e. The van der Waals surface area contributed by atoms with Gasteiger partial charge < -0.3 is 5.11 Å². The second kappa shape index (κ2) is 5.38. The maximum atomic E-state index is 13.6. The number of carbonyl (C=O) groups is 1. The molecule has 0 amide bonds. The van der Waals surface area contributed by atoms with Crippen molar-refractivity contribution in [3.63, 3.8) is 0 Å². The van der Waals surface area contributed by atoms with Crippen LogP contribution in [0.3, 0.4) is 0 Å². The fourth-order valence-corrected chi connectivity index (χ4v) is 4.38. The minimum absolute atomic E-state index is 0.0112. The van der Waals surface area contributed by atoms with Crippen LogP contribution >= 0.6 is 0 Å². The number of hydrogen-bond donors (Lipinski definition) is 1. The first-order chi connectivity index (χ1) is 9.64. The van der Waals surface area contributed by atoms with E-state index in [0.717, 1.165) is 0 Å². The Morgan fingerprint density at radius 3 is 2.24 bits per heavy atom. The zero-order valence-corrected chi connectivity index (χ0v) is 12.9. The zero-order chi connectivity index (χ0) is 15.9. The maximum absolute atomic E-state index is 13.6. The van der Waals surface area contributed by atoms with Crippen LogP contribution in [-0.4, -0.2) is 36.9 Å². The highest BCUT2D eigenvalue weighted by Crippen LogP contribution is 2.30. The van der Waals surface area contributed by atoms with Crippen molar-refractivity contribution in [1.82, 2.24) is 4.31 Å². The molecule has 2 atom stereocenters. The Balaban J connectivity index is 2.38. The van der Waals surface area contributed by atoms with Gasteiger partial charge in [-0.15, -0.1) is 0 Å². The van der Waals surface area contributed by atoms with E-state index in [-0.39, 0.29) is 35.0 Å². The fourth-order valence-electron chi connectivity index (χ4n) is 2.64. The van der Waals surface area contributed by atoms with Gasteiger partial charge in [0.15, 0.2) is 0 Å². The number of nitrogens with zero attached hydrogens (tertiary/aromatic N) is 1. The standard InChI is InChI=1S/C14H18FNO4S/c1-8-4-11(5-9(2)13(8)15)21(19,20)16-6-10(3)12(7-16)14(17)18/h4-5,10,12H,6-7H2,1-3H3,(H,17,18)/t10-,12-/m1/s1. The van der Waals surface area contributed by atoms with Crippen molar-refractivity contribution in [2.24, 2.45) is 11.8 Å². The SMILES string of the molecule is Cc1cc(S(=O)(=O)N2C[C@@H](C)[C@H](C(=O)O)C2)cc(C)c1F. The third kappa shape index (κ3) is 2.80. The molecule has 0 bridgehead atoms. The molecule has 116 valence electrons. The molecule has 5 nitrogen and oxygen atoms in total. The summed E-state index contributed by atoms with van der Waals surface area (Å²) in [6, 6.07) is 2.58. The summed E-state index contributed by atoms with van der Waals surface area (Å²) in [5, 5.41) is 9.09. The molecule has 0 aliphatic carbocycles. The van der Waals surface area contributed by atoms with Gasteiger partial charge in [0.05, 0.1) is 10.8 Å². The normalized spacial score (nSPS) is 23.4. The highest BCUT2D eigenvalue weighted by Gasteiger charge is 2.40. The van der Waals surface area contributed by atoms with Crippen LogP contribution in [0.2, 0.25) is 0 Å². The molecule has 2 rings (SSSR count). The summed E-state index contributed by atoms with van der Waals surface area (Å²) in [5.74, 6) is -2.37. The molecule has 0 unspecified atom stereocenters. The second-order valence-corrected chi connectivity index (χ2v) is 7.55. The van der Waals surface area contributed by atoms with Gasteiger partial charge in [0.2, 0.25) is 10.0 Å². The number of carboxylic acid groups (broad SMARTS) is 1. The lowest BCUT2D eigenvalue weighted by Crippen LogP contribution is -2.30. The molecule has 21 heavy (non-hydrogen) atoms. The van der Waals surface area contributed by atoms with Gasteiger partial charge >= 0.3 is 5.97 Å². The molecule has 1 aromatic rings. The molecule has 1 saturated heterocycles. The number of halogens is 1. The monoisotopic (exact) mass is 315 g/mol. The van der Waals surface area contributed by atoms with Crippen molar-refractivity contribution in [1.29, 1.82) is 0 Å². The molecule has 1 aliphatic heterocycles. The first-order valence-electron chi connectivity index (χ1n) is 6.64. The van der Waals surface area contributed by atoms with Crippen LogP contribution in [-0.2, 0) is 14.8 Å². The molecule has 0 saturated carbocycles. The molecule has 0 aromatic heterocycles. The highest BCUT2D eigenvalue weighted by molar-refractivity contribution is 7.89. The minimum atomic E-state index is -3.80. The third-order valence-electron chi connectivity index (χ3n) is 3.94. The van der Waals surface area contributed by atoms with Crippen LogP contribution in [0.25, 0.3) is 0 Å². The average molecular weight is 315 g/mol. The van der Waals surface area contributed by atoms with Gasteiger partial charge in [0.25, 0.3) is 0 Å². The molecule has 1 aliphatic rings. The number of rotatable bonds is 3. The van der Waals surface area contributed by atoms with Crippen LogP contribution in [0, 0.1) is 31.5 Å². The van der Waals surface area contributed by atoms with Gasteiger partial charge in [-0.3, -0.25) is 4.79 Å². The predicted molar refractivity (Wildman–Crippen MR) is 74.9 cm³/mol. The van der Waals surface area contributed by atoms with E-state index in [4.69, 9.17) is 5.11 Å². The Morgan fingerprint density at radius 1 is 1.29 bits per heavy atom. The molecular weight excluding hydrogens is 297 g/mol. The predicted octanol–water partition coefficient (Wildman–Crippen LogP) is 1.78. The first kappa shape index (κ1) is 15.9. The van der Waals surface area contributed by atoms with Gasteiger partial charge in [-0.05, 0) is 43.0 Å². The molecule has 1 aromatic carbocycles. The number of sulfonamides is 1. The van der Waals surface area contributed by atoms with Crippen molar-refractivity contribution < 1.29 is 22.7 Å². The molecular formula is C14H18FNO4S. The van der Waals surface area contributed by atoms with Crippen LogP contribution < -0.4 is 0 Å². The molecule has 1 fully saturated rings. The summed E-state index contributed by atoms with van der Waals surface area (Å²) in [4.78, 5) is 11.1. The summed E-state index contributed by atoms with van der Waals surface area (Å²) in [6.45, 7) is 4.85. The quantitative estimate of drug-likeness (QED) is 0.922. The Labute approximate surface area is 123 Å². The average Bonchev–Trinajstić information content (AvgIpc) is 2.78. The van der Waals surface area contributed by atoms with Crippen LogP contribution in [0.15, 0.2) is 17.0 Å². The van der Waals surface area contributed by atoms with Gasteiger partial charge in [0, 0.05) is 13.1 Å². The lowest BCUT2D eigenvalue weighted by molar-refractivity contribution is -0.142. The van der Waals surface area contributed by atoms with E-state index in [1.54, 1.807) is 6.92 Å². The lowest BCUT2D eigenvalue weighted by atomic mass is 9.99. The number of benzene rings is 1. The van der Waals surface area contributed by atoms with Crippen molar-refractivity contribution in [2.45, 2.75) is 25.7 Å². The second-order valence-electron chi connectivity index (χ2n) is 5.62. The largest absolute Gasteiger partial charge is 0.481 e. The Kier molecular flexibility index (Phi) is 4.08. The summed E-state index contributed by atoms with van der Waals surface area (Å²) in [6.07, 6.45) is 0. The van der Waals surface area contributed by atoms with E-state index in [0.29, 0.717) is 0 Å². The van der Waals surface area contributed by atoms with Crippen LogP contribution in [0.4, 0.5) is 4.39 Å². The van der Waals surface area contributed by atoms with Gasteiger partial charge in [0.1, 0.15) is 5.82 Å². The van der Waals surface area contributed by atoms with Gasteiger partial charge in [-0.1, -0.05) is 6.92 Å². The fraction of sp³-hybridized carbons (Fsp3) is 0.500. The van der Waals surface area contributed by atoms with E-state index < -0.39 is 27.7 Å². The Hall–Kier alpha value is -1.47. The Morgan fingerprint density at radius 2 is 1.81 bits per heavy atom. The molecule has 7 heteroatoms. The topological polar surface area (TPSA) is 74.7 Å². The highest BCUT2D eigenvalue weighted by atomic mass is 32.2. The summed E-state index contributed by atoms with van der Waals surface area (Å²) in [5.41, 5.74) is 0.520. The molecule has 1 heterocycles. The van der Waals surface area contributed by atoms with Gasteiger partial charge in [-0.2, -0.15) is 4.31 Å². The van der Waals surface area contributed by atoms with Crippen molar-refractivity contribution in [3.8, 4) is 0 Å². The lowest BCUT2D eigenvalue weighted by Gasteiger charge is -2.17. The van der Waals surface area contributed by atoms with Crippen LogP contribution in [0.5, 0.6) is 0 Å². The van der Waals surface area contributed by atoms with E-state index in [1.165, 1.54) is 30.3 Å². The summed E-state index contributed by atoms with van der Waals surface area (Å²) >= 11 is 0. The number of hydrogen-bond acceptors (Lipinski definition) is 3. The van der Waals surface area contributed by atoms with Gasteiger partial charge in [-0.25, -0.2) is 12.8 Å². The summed E-state index contributed by atoms with van der Waals surface area (Å²) < 4.78 is 39.9. The number of aryl methyl sites for hydroxylation is 2. The van der Waals surface area contributed by atoms with Crippen molar-refractivity contribution in [2.75, 3.05) is 13.1 Å². The van der Waals surface area contributed by atoms with Crippen molar-refractivity contribution >= 4 is 16.0 Å². The van der Waals surface area contributed by atoms with E-state index in [2.05, 4.69) is 0 Å².